The molecule has 2 atom stereocenters. The summed E-state index contributed by atoms with van der Waals surface area (Å²) in [6.07, 6.45) is 1.05. The summed E-state index contributed by atoms with van der Waals surface area (Å²) in [5, 5.41) is 5.69. The molecular formula is C21H26ClN5O3. The first-order valence-corrected chi connectivity index (χ1v) is 9.87. The average molecular weight is 432 g/mol. The summed E-state index contributed by atoms with van der Waals surface area (Å²) in [7, 11) is 0. The van der Waals surface area contributed by atoms with Crippen LogP contribution in [-0.4, -0.2) is 36.5 Å². The molecule has 0 saturated carbocycles. The standard InChI is InChI=1S/C21H26ClN5O3/c22-16-9-7-15(8-10-16)14-5-3-13(4-6-14)12-18(19(24)28)27-20(29)17(23)2-1-11-26-21(25)30/h3-10,17-18H,1-2,11-12,23H2,(H2,24,28)(H,27,29)(H3,25,26,30)/t17-,18-/m1/s1. The summed E-state index contributed by atoms with van der Waals surface area (Å²) in [6.45, 7) is 0.315. The van der Waals surface area contributed by atoms with Gasteiger partial charge < -0.3 is 27.8 Å². The van der Waals surface area contributed by atoms with Crippen molar-refractivity contribution in [3.8, 4) is 11.1 Å². The molecule has 0 spiro atoms. The first kappa shape index (κ1) is 23.2. The van der Waals surface area contributed by atoms with Crippen molar-refractivity contribution in [1.29, 1.82) is 0 Å². The molecule has 8 nitrogen and oxygen atoms in total. The van der Waals surface area contributed by atoms with Gasteiger partial charge in [0.25, 0.3) is 0 Å². The highest BCUT2D eigenvalue weighted by atomic mass is 35.5. The molecule has 0 radical (unpaired) electrons. The second kappa shape index (κ2) is 11.2. The smallest absolute Gasteiger partial charge is 0.312 e. The highest BCUT2D eigenvalue weighted by Crippen LogP contribution is 2.22. The largest absolute Gasteiger partial charge is 0.368 e. The first-order chi connectivity index (χ1) is 14.3. The number of primary amides is 2. The number of urea groups is 1. The maximum absolute atomic E-state index is 12.3. The summed E-state index contributed by atoms with van der Waals surface area (Å²) in [4.78, 5) is 34.7. The molecule has 30 heavy (non-hydrogen) atoms. The van der Waals surface area contributed by atoms with Crippen LogP contribution in [0, 0.1) is 0 Å². The van der Waals surface area contributed by atoms with E-state index in [0.717, 1.165) is 16.7 Å². The van der Waals surface area contributed by atoms with Crippen molar-refractivity contribution in [1.82, 2.24) is 10.6 Å². The lowest BCUT2D eigenvalue weighted by Crippen LogP contribution is -2.51. The van der Waals surface area contributed by atoms with E-state index in [2.05, 4.69) is 10.6 Å². The zero-order valence-electron chi connectivity index (χ0n) is 16.4. The Morgan fingerprint density at radius 2 is 1.50 bits per heavy atom. The highest BCUT2D eigenvalue weighted by molar-refractivity contribution is 6.30. The second-order valence-corrected chi connectivity index (χ2v) is 7.35. The molecule has 0 heterocycles. The topological polar surface area (TPSA) is 153 Å². The van der Waals surface area contributed by atoms with Crippen LogP contribution in [0.5, 0.6) is 0 Å². The van der Waals surface area contributed by atoms with Crippen LogP contribution >= 0.6 is 11.6 Å². The van der Waals surface area contributed by atoms with Crippen LogP contribution < -0.4 is 27.8 Å². The Labute approximate surface area is 180 Å². The number of rotatable bonds is 10. The molecule has 0 saturated heterocycles. The van der Waals surface area contributed by atoms with Crippen LogP contribution in [0.25, 0.3) is 11.1 Å². The number of halogens is 1. The zero-order valence-corrected chi connectivity index (χ0v) is 17.2. The molecule has 0 fully saturated rings. The molecule has 8 N–H and O–H groups in total. The van der Waals surface area contributed by atoms with E-state index in [1.54, 1.807) is 0 Å². The van der Waals surface area contributed by atoms with Crippen LogP contribution in [0.15, 0.2) is 48.5 Å². The molecule has 0 unspecified atom stereocenters. The number of amides is 4. The van der Waals surface area contributed by atoms with Gasteiger partial charge in [-0.15, -0.1) is 0 Å². The Bertz CT molecular complexity index is 871. The Morgan fingerprint density at radius 1 is 0.933 bits per heavy atom. The quantitative estimate of drug-likeness (QED) is 0.359. The summed E-state index contributed by atoms with van der Waals surface area (Å²) in [5.41, 5.74) is 19.1. The molecule has 2 rings (SSSR count). The van der Waals surface area contributed by atoms with Crippen LogP contribution in [0.2, 0.25) is 5.02 Å². The third-order valence-electron chi connectivity index (χ3n) is 4.56. The fourth-order valence-corrected chi connectivity index (χ4v) is 3.00. The number of hydrogen-bond acceptors (Lipinski definition) is 4. The number of carbonyl (C=O) groups excluding carboxylic acids is 3. The lowest BCUT2D eigenvalue weighted by molar-refractivity contribution is -0.128. The lowest BCUT2D eigenvalue weighted by Gasteiger charge is -2.19. The summed E-state index contributed by atoms with van der Waals surface area (Å²) < 4.78 is 0. The maximum Gasteiger partial charge on any atom is 0.312 e. The maximum atomic E-state index is 12.3. The Kier molecular flexibility index (Phi) is 8.64. The molecule has 2 aromatic rings. The molecular weight excluding hydrogens is 406 g/mol. The van der Waals surface area contributed by atoms with Crippen molar-refractivity contribution in [2.45, 2.75) is 31.3 Å². The Hall–Kier alpha value is -3.10. The van der Waals surface area contributed by atoms with Gasteiger partial charge in [-0.3, -0.25) is 9.59 Å². The lowest BCUT2D eigenvalue weighted by atomic mass is 10.00. The fraction of sp³-hybridized carbons (Fsp3) is 0.286. The minimum atomic E-state index is -0.881. The van der Waals surface area contributed by atoms with Gasteiger partial charge in [-0.05, 0) is 41.7 Å². The Balaban J connectivity index is 1.93. The molecule has 2 aromatic carbocycles. The van der Waals surface area contributed by atoms with E-state index >= 15 is 0 Å². The Morgan fingerprint density at radius 3 is 2.03 bits per heavy atom. The van der Waals surface area contributed by atoms with E-state index in [4.69, 9.17) is 28.8 Å². The van der Waals surface area contributed by atoms with Crippen LogP contribution in [0.4, 0.5) is 4.79 Å². The zero-order chi connectivity index (χ0) is 22.1. The van der Waals surface area contributed by atoms with Gasteiger partial charge in [0.1, 0.15) is 6.04 Å². The molecule has 0 aliphatic rings. The molecule has 0 aliphatic heterocycles. The van der Waals surface area contributed by atoms with Crippen LogP contribution in [-0.2, 0) is 16.0 Å². The monoisotopic (exact) mass is 431 g/mol. The van der Waals surface area contributed by atoms with Gasteiger partial charge in [-0.2, -0.15) is 0 Å². The highest BCUT2D eigenvalue weighted by Gasteiger charge is 2.22. The van der Waals surface area contributed by atoms with Crippen molar-refractivity contribution in [3.05, 3.63) is 59.1 Å². The SMILES string of the molecule is NC(=O)NCCC[C@@H](N)C(=O)N[C@H](Cc1ccc(-c2ccc(Cl)cc2)cc1)C(N)=O. The van der Waals surface area contributed by atoms with Gasteiger partial charge in [0.05, 0.1) is 6.04 Å². The molecule has 0 bridgehead atoms. The number of hydrogen-bond donors (Lipinski definition) is 5. The van der Waals surface area contributed by atoms with Crippen LogP contribution in [0.1, 0.15) is 18.4 Å². The first-order valence-electron chi connectivity index (χ1n) is 9.49. The van der Waals surface area contributed by atoms with E-state index in [1.165, 1.54) is 0 Å². The van der Waals surface area contributed by atoms with Gasteiger partial charge in [0, 0.05) is 18.0 Å². The average Bonchev–Trinajstić information content (AvgIpc) is 2.71. The molecule has 0 aliphatic carbocycles. The van der Waals surface area contributed by atoms with Crippen molar-refractivity contribution in [2.24, 2.45) is 17.2 Å². The van der Waals surface area contributed by atoms with E-state index < -0.39 is 29.9 Å². The van der Waals surface area contributed by atoms with Crippen LogP contribution in [0.3, 0.4) is 0 Å². The summed E-state index contributed by atoms with van der Waals surface area (Å²) in [6, 6.07) is 12.7. The van der Waals surface area contributed by atoms with Gasteiger partial charge in [0.15, 0.2) is 0 Å². The van der Waals surface area contributed by atoms with Crippen molar-refractivity contribution in [2.75, 3.05) is 6.54 Å². The normalized spacial score (nSPS) is 12.6. The minimum Gasteiger partial charge on any atom is -0.368 e. The van der Waals surface area contributed by atoms with E-state index in [-0.39, 0.29) is 6.42 Å². The van der Waals surface area contributed by atoms with Gasteiger partial charge in [-0.25, -0.2) is 4.79 Å². The second-order valence-electron chi connectivity index (χ2n) is 6.91. The van der Waals surface area contributed by atoms with E-state index in [0.29, 0.717) is 24.4 Å². The minimum absolute atomic E-state index is 0.248. The van der Waals surface area contributed by atoms with E-state index in [1.807, 2.05) is 48.5 Å². The summed E-state index contributed by atoms with van der Waals surface area (Å²) in [5.74, 6) is -1.12. The van der Waals surface area contributed by atoms with Gasteiger partial charge >= 0.3 is 6.03 Å². The van der Waals surface area contributed by atoms with Crippen molar-refractivity contribution in [3.63, 3.8) is 0 Å². The van der Waals surface area contributed by atoms with Crippen molar-refractivity contribution >= 4 is 29.4 Å². The van der Waals surface area contributed by atoms with Gasteiger partial charge in [-0.1, -0.05) is 48.0 Å². The summed E-state index contributed by atoms with van der Waals surface area (Å²) >= 11 is 5.91. The molecule has 4 amide bonds. The number of benzene rings is 2. The molecule has 0 aromatic heterocycles. The number of carbonyl (C=O) groups is 3. The molecule has 160 valence electrons. The molecule has 9 heteroatoms. The third kappa shape index (κ3) is 7.38. The van der Waals surface area contributed by atoms with Gasteiger partial charge in [0.2, 0.25) is 11.8 Å². The third-order valence-corrected chi connectivity index (χ3v) is 4.81. The number of nitrogens with one attached hydrogen (secondary N) is 2. The van der Waals surface area contributed by atoms with E-state index in [9.17, 15) is 14.4 Å². The predicted octanol–water partition coefficient (Wildman–Crippen LogP) is 1.30. The van der Waals surface area contributed by atoms with Crippen molar-refractivity contribution < 1.29 is 14.4 Å². The fourth-order valence-electron chi connectivity index (χ4n) is 2.88. The number of nitrogens with two attached hydrogens (primary N) is 3. The predicted molar refractivity (Wildman–Crippen MR) is 117 cm³/mol.